The number of alkyl halides is 3. The number of aryl methyl sites for hydroxylation is 1. The Morgan fingerprint density at radius 2 is 2.00 bits per heavy atom. The number of benzene rings is 1. The minimum Gasteiger partial charge on any atom is -0.507 e. The number of hydrogen-bond acceptors (Lipinski definition) is 5. The molecule has 4 rings (SSSR count). The summed E-state index contributed by atoms with van der Waals surface area (Å²) in [4.78, 5) is 2.49. The van der Waals surface area contributed by atoms with Crippen molar-refractivity contribution < 1.29 is 23.0 Å². The van der Waals surface area contributed by atoms with Gasteiger partial charge in [-0.15, -0.1) is 0 Å². The van der Waals surface area contributed by atoms with E-state index in [1.807, 2.05) is 6.07 Å². The van der Waals surface area contributed by atoms with Gasteiger partial charge in [-0.2, -0.15) is 23.4 Å². The molecule has 0 unspecified atom stereocenters. The van der Waals surface area contributed by atoms with E-state index in [9.17, 15) is 18.3 Å². The lowest BCUT2D eigenvalue weighted by Crippen LogP contribution is -2.52. The van der Waals surface area contributed by atoms with Gasteiger partial charge >= 0.3 is 6.18 Å². The van der Waals surface area contributed by atoms with Gasteiger partial charge < -0.3 is 9.84 Å². The molecule has 2 fully saturated rings. The van der Waals surface area contributed by atoms with E-state index in [-0.39, 0.29) is 5.56 Å². The Balaban J connectivity index is 1.47. The number of phenols is 1. The first kappa shape index (κ1) is 20.1. The maximum atomic E-state index is 12.9. The van der Waals surface area contributed by atoms with Gasteiger partial charge in [-0.05, 0) is 68.5 Å². The van der Waals surface area contributed by atoms with E-state index < -0.39 is 17.5 Å². The highest BCUT2D eigenvalue weighted by atomic mass is 19.4. The molecular weight excluding hydrogens is 383 g/mol. The van der Waals surface area contributed by atoms with Crippen LogP contribution in [0.1, 0.15) is 29.7 Å². The normalized spacial score (nSPS) is 21.2. The number of rotatable bonds is 4. The van der Waals surface area contributed by atoms with E-state index in [0.29, 0.717) is 23.2 Å². The molecular formula is C21H24F3N3O2. The molecule has 1 N–H and O–H groups in total. The highest BCUT2D eigenvalue weighted by molar-refractivity contribution is 5.71. The molecule has 1 aromatic carbocycles. The fourth-order valence-electron chi connectivity index (χ4n) is 4.19. The summed E-state index contributed by atoms with van der Waals surface area (Å²) in [5.74, 6) is 0.0655. The monoisotopic (exact) mass is 407 g/mol. The molecule has 156 valence electrons. The first-order valence-corrected chi connectivity index (χ1v) is 9.87. The number of nitrogens with zero attached hydrogens (tertiary/aromatic N) is 3. The molecule has 8 heteroatoms. The van der Waals surface area contributed by atoms with Crippen molar-refractivity contribution in [2.24, 2.45) is 5.92 Å². The second-order valence-electron chi connectivity index (χ2n) is 7.99. The predicted octanol–water partition coefficient (Wildman–Crippen LogP) is 3.83. The Labute approximate surface area is 167 Å². The van der Waals surface area contributed by atoms with Gasteiger partial charge in [0.1, 0.15) is 5.75 Å². The van der Waals surface area contributed by atoms with Gasteiger partial charge in [-0.25, -0.2) is 0 Å². The van der Waals surface area contributed by atoms with Gasteiger partial charge in [-0.1, -0.05) is 0 Å². The van der Waals surface area contributed by atoms with Crippen molar-refractivity contribution in [2.75, 3.05) is 26.3 Å². The van der Waals surface area contributed by atoms with Gasteiger partial charge in [-0.3, -0.25) is 4.90 Å². The molecule has 0 radical (unpaired) electrons. The zero-order chi connectivity index (χ0) is 20.6. The minimum absolute atomic E-state index is 0.283. The maximum Gasteiger partial charge on any atom is 0.416 e. The molecule has 1 atom stereocenters. The van der Waals surface area contributed by atoms with Gasteiger partial charge in [0.15, 0.2) is 0 Å². The second kappa shape index (κ2) is 7.91. The SMILES string of the molecule is Cc1cc(C(F)(F)F)cc(O)c1-c1ccc(C[C@@H]2CCCN(C3COC3)C2)nn1. The summed E-state index contributed by atoms with van der Waals surface area (Å²) in [6, 6.07) is 5.86. The van der Waals surface area contributed by atoms with Crippen molar-refractivity contribution in [3.8, 4) is 17.0 Å². The van der Waals surface area contributed by atoms with Crippen molar-refractivity contribution in [3.05, 3.63) is 41.1 Å². The Morgan fingerprint density at radius 3 is 2.59 bits per heavy atom. The first-order valence-electron chi connectivity index (χ1n) is 9.87. The summed E-state index contributed by atoms with van der Waals surface area (Å²) in [6.45, 7) is 5.30. The highest BCUT2D eigenvalue weighted by Crippen LogP contribution is 2.38. The number of hydrogen-bond donors (Lipinski definition) is 1. The van der Waals surface area contributed by atoms with Crippen LogP contribution in [0, 0.1) is 12.8 Å². The van der Waals surface area contributed by atoms with Crippen molar-refractivity contribution in [1.29, 1.82) is 0 Å². The van der Waals surface area contributed by atoms with E-state index >= 15 is 0 Å². The fourth-order valence-corrected chi connectivity index (χ4v) is 4.19. The number of aromatic hydroxyl groups is 1. The number of halogens is 3. The lowest BCUT2D eigenvalue weighted by atomic mass is 9.92. The van der Waals surface area contributed by atoms with Crippen molar-refractivity contribution in [3.63, 3.8) is 0 Å². The first-order chi connectivity index (χ1) is 13.8. The zero-order valence-corrected chi connectivity index (χ0v) is 16.2. The van der Waals surface area contributed by atoms with E-state index in [4.69, 9.17) is 4.74 Å². The minimum atomic E-state index is -4.50. The topological polar surface area (TPSA) is 58.5 Å². The molecule has 0 spiro atoms. The molecule has 0 amide bonds. The van der Waals surface area contributed by atoms with Crippen LogP contribution < -0.4 is 0 Å². The van der Waals surface area contributed by atoms with Crippen LogP contribution in [-0.4, -0.2) is 52.5 Å². The summed E-state index contributed by atoms with van der Waals surface area (Å²) in [5.41, 5.74) is 0.944. The molecule has 0 saturated carbocycles. The summed E-state index contributed by atoms with van der Waals surface area (Å²) in [7, 11) is 0. The molecule has 2 aliphatic rings. The third-order valence-corrected chi connectivity index (χ3v) is 5.80. The third-order valence-electron chi connectivity index (χ3n) is 5.80. The molecule has 1 aromatic heterocycles. The Morgan fingerprint density at radius 1 is 1.21 bits per heavy atom. The zero-order valence-electron chi connectivity index (χ0n) is 16.2. The Hall–Kier alpha value is -2.19. The third kappa shape index (κ3) is 4.38. The van der Waals surface area contributed by atoms with Crippen LogP contribution in [0.25, 0.3) is 11.3 Å². The average Bonchev–Trinajstić information content (AvgIpc) is 2.61. The van der Waals surface area contributed by atoms with Gasteiger partial charge in [0.05, 0.1) is 36.2 Å². The van der Waals surface area contributed by atoms with Crippen molar-refractivity contribution >= 4 is 0 Å². The number of ether oxygens (including phenoxy) is 1. The second-order valence-corrected chi connectivity index (χ2v) is 7.99. The van der Waals surface area contributed by atoms with Crippen LogP contribution in [0.3, 0.4) is 0 Å². The summed E-state index contributed by atoms with van der Waals surface area (Å²) in [5, 5.41) is 18.6. The van der Waals surface area contributed by atoms with Gasteiger partial charge in [0.25, 0.3) is 0 Å². The Kier molecular flexibility index (Phi) is 5.48. The lowest BCUT2D eigenvalue weighted by Gasteiger charge is -2.42. The van der Waals surface area contributed by atoms with E-state index in [1.165, 1.54) is 6.92 Å². The van der Waals surface area contributed by atoms with Crippen molar-refractivity contribution in [2.45, 2.75) is 38.4 Å². The molecule has 2 saturated heterocycles. The molecule has 0 bridgehead atoms. The number of likely N-dealkylation sites (tertiary alicyclic amines) is 1. The van der Waals surface area contributed by atoms with Gasteiger partial charge in [0.2, 0.25) is 0 Å². The summed E-state index contributed by atoms with van der Waals surface area (Å²) in [6.07, 6.45) is -1.39. The van der Waals surface area contributed by atoms with Crippen LogP contribution in [-0.2, 0) is 17.3 Å². The molecule has 0 aliphatic carbocycles. The van der Waals surface area contributed by atoms with Crippen LogP contribution in [0.5, 0.6) is 5.75 Å². The number of phenolic OH excluding ortho intramolecular Hbond substituents is 1. The average molecular weight is 407 g/mol. The fraction of sp³-hybridized carbons (Fsp3) is 0.524. The van der Waals surface area contributed by atoms with E-state index in [0.717, 1.165) is 63.4 Å². The Bertz CT molecular complexity index is 843. The molecule has 29 heavy (non-hydrogen) atoms. The molecule has 2 aliphatic heterocycles. The molecule has 3 heterocycles. The lowest BCUT2D eigenvalue weighted by molar-refractivity contribution is -0.137. The number of aromatic nitrogens is 2. The predicted molar refractivity (Wildman–Crippen MR) is 101 cm³/mol. The standard InChI is InChI=1S/C21H24F3N3O2/c1-13-7-15(21(22,23)24)9-19(28)20(13)18-5-4-16(25-26-18)8-14-3-2-6-27(10-14)17-11-29-12-17/h4-5,7,9,14,17,28H,2-3,6,8,10-12H2,1H3/t14-/m0/s1. The van der Waals surface area contributed by atoms with Crippen LogP contribution in [0.2, 0.25) is 0 Å². The van der Waals surface area contributed by atoms with Crippen LogP contribution >= 0.6 is 0 Å². The summed E-state index contributed by atoms with van der Waals surface area (Å²) < 4.78 is 44.0. The van der Waals surface area contributed by atoms with Crippen LogP contribution in [0.4, 0.5) is 13.2 Å². The largest absolute Gasteiger partial charge is 0.507 e. The molecule has 5 nitrogen and oxygen atoms in total. The van der Waals surface area contributed by atoms with Crippen molar-refractivity contribution in [1.82, 2.24) is 15.1 Å². The smallest absolute Gasteiger partial charge is 0.416 e. The highest BCUT2D eigenvalue weighted by Gasteiger charge is 2.32. The van der Waals surface area contributed by atoms with Crippen LogP contribution in [0.15, 0.2) is 24.3 Å². The van der Waals surface area contributed by atoms with E-state index in [1.54, 1.807) is 6.07 Å². The van der Waals surface area contributed by atoms with E-state index in [2.05, 4.69) is 15.1 Å². The number of piperidine rings is 1. The van der Waals surface area contributed by atoms with Gasteiger partial charge in [0, 0.05) is 12.1 Å². The summed E-state index contributed by atoms with van der Waals surface area (Å²) >= 11 is 0. The molecule has 2 aromatic rings. The maximum absolute atomic E-state index is 12.9. The quantitative estimate of drug-likeness (QED) is 0.835.